The quantitative estimate of drug-likeness (QED) is 0.685. The number of sulfonamides is 1. The average molecular weight is 406 g/mol. The van der Waals surface area contributed by atoms with Crippen LogP contribution in [0.3, 0.4) is 0 Å². The molecule has 1 aromatic carbocycles. The van der Waals surface area contributed by atoms with Crippen molar-refractivity contribution in [2.75, 3.05) is 0 Å². The van der Waals surface area contributed by atoms with Crippen LogP contribution in [0.1, 0.15) is 63.9 Å². The Morgan fingerprint density at radius 1 is 1.11 bits per heavy atom. The predicted octanol–water partition coefficient (Wildman–Crippen LogP) is 3.98. The van der Waals surface area contributed by atoms with E-state index in [0.29, 0.717) is 17.8 Å². The van der Waals surface area contributed by atoms with Crippen LogP contribution in [0.15, 0.2) is 29.2 Å². The smallest absolute Gasteiger partial charge is 0.322 e. The molecule has 0 heterocycles. The number of nitrogens with one attached hydrogen (secondary N) is 1. The molecule has 2 N–H and O–H groups in total. The summed E-state index contributed by atoms with van der Waals surface area (Å²) < 4.78 is 28.6. The zero-order chi connectivity index (χ0) is 19.9. The fourth-order valence-electron chi connectivity index (χ4n) is 6.41. The summed E-state index contributed by atoms with van der Waals surface area (Å²) in [4.78, 5) is 12.3. The van der Waals surface area contributed by atoms with Crippen LogP contribution in [0.2, 0.25) is 0 Å². The summed E-state index contributed by atoms with van der Waals surface area (Å²) in [6, 6.07) is 5.85. The van der Waals surface area contributed by atoms with Crippen molar-refractivity contribution in [2.24, 2.45) is 23.2 Å². The number of aliphatic carboxylic acids is 1. The van der Waals surface area contributed by atoms with Crippen LogP contribution < -0.4 is 4.72 Å². The summed E-state index contributed by atoms with van der Waals surface area (Å²) in [6.45, 7) is 2.12. The predicted molar refractivity (Wildman–Crippen MR) is 107 cm³/mol. The van der Waals surface area contributed by atoms with Crippen molar-refractivity contribution in [3.63, 3.8) is 0 Å². The average Bonchev–Trinajstić information content (AvgIpc) is 2.63. The van der Waals surface area contributed by atoms with Crippen LogP contribution >= 0.6 is 0 Å². The lowest BCUT2D eigenvalue weighted by Gasteiger charge is -2.58. The van der Waals surface area contributed by atoms with E-state index in [1.54, 1.807) is 12.1 Å². The van der Waals surface area contributed by atoms with Gasteiger partial charge in [0.2, 0.25) is 10.0 Å². The maximum Gasteiger partial charge on any atom is 0.322 e. The van der Waals surface area contributed by atoms with Gasteiger partial charge in [-0.3, -0.25) is 4.79 Å². The van der Waals surface area contributed by atoms with Crippen molar-refractivity contribution in [2.45, 2.75) is 75.6 Å². The number of aryl methyl sites for hydroxylation is 1. The lowest BCUT2D eigenvalue weighted by atomic mass is 9.48. The second-order valence-corrected chi connectivity index (χ2v) is 11.1. The molecule has 4 aliphatic rings. The lowest BCUT2D eigenvalue weighted by Crippen LogP contribution is -2.59. The Kier molecular flexibility index (Phi) is 5.29. The highest BCUT2D eigenvalue weighted by Gasteiger charge is 2.56. The number of unbranched alkanes of at least 4 members (excludes halogenated alkanes) is 1. The molecule has 4 saturated carbocycles. The van der Waals surface area contributed by atoms with Crippen molar-refractivity contribution in [1.82, 2.24) is 4.72 Å². The fraction of sp³-hybridized carbons (Fsp3) is 0.682. The first-order valence-electron chi connectivity index (χ1n) is 10.7. The molecule has 0 spiro atoms. The monoisotopic (exact) mass is 405 g/mol. The summed E-state index contributed by atoms with van der Waals surface area (Å²) in [5.74, 6) is 0.659. The van der Waals surface area contributed by atoms with Crippen LogP contribution in [0.4, 0.5) is 0 Å². The molecular weight excluding hydrogens is 374 g/mol. The minimum absolute atomic E-state index is 0.156. The Labute approximate surface area is 168 Å². The summed E-state index contributed by atoms with van der Waals surface area (Å²) in [7, 11) is -3.87. The molecule has 6 heteroatoms. The van der Waals surface area contributed by atoms with Gasteiger partial charge in [0, 0.05) is 0 Å². The number of hydrogen-bond acceptors (Lipinski definition) is 3. The number of carbonyl (C=O) groups is 1. The molecule has 4 bridgehead atoms. The second kappa shape index (κ2) is 7.45. The van der Waals surface area contributed by atoms with Gasteiger partial charge in [-0.15, -0.1) is 0 Å². The molecule has 4 aliphatic carbocycles. The van der Waals surface area contributed by atoms with Gasteiger partial charge in [0.1, 0.15) is 6.04 Å². The first-order chi connectivity index (χ1) is 13.3. The summed E-state index contributed by atoms with van der Waals surface area (Å²) in [5.41, 5.74) is 0.686. The molecule has 0 aliphatic heterocycles. The molecule has 0 saturated heterocycles. The zero-order valence-corrected chi connectivity index (χ0v) is 17.4. The van der Waals surface area contributed by atoms with Gasteiger partial charge < -0.3 is 5.11 Å². The van der Waals surface area contributed by atoms with E-state index in [-0.39, 0.29) is 4.90 Å². The van der Waals surface area contributed by atoms with E-state index < -0.39 is 27.4 Å². The minimum atomic E-state index is -3.87. The summed E-state index contributed by atoms with van der Waals surface area (Å²) in [6.07, 6.45) is 9.18. The molecule has 0 unspecified atom stereocenters. The number of rotatable bonds is 8. The number of hydrogen-bond donors (Lipinski definition) is 2. The van der Waals surface area contributed by atoms with Crippen molar-refractivity contribution in [1.29, 1.82) is 0 Å². The number of carboxylic acids is 1. The van der Waals surface area contributed by atoms with E-state index in [9.17, 15) is 18.3 Å². The van der Waals surface area contributed by atoms with Crippen LogP contribution in [-0.2, 0) is 21.2 Å². The van der Waals surface area contributed by atoms with E-state index in [2.05, 4.69) is 11.6 Å². The third-order valence-corrected chi connectivity index (χ3v) is 8.71. The second-order valence-electron chi connectivity index (χ2n) is 9.42. The lowest BCUT2D eigenvalue weighted by molar-refractivity contribution is -0.150. The SMILES string of the molecule is CCCCc1ccc(S(=O)(=O)N[C@H](C(=O)O)C23CC4CC(CC(C4)C2)C3)cc1. The van der Waals surface area contributed by atoms with Crippen LogP contribution in [0, 0.1) is 23.2 Å². The molecule has 154 valence electrons. The first kappa shape index (κ1) is 19.9. The van der Waals surface area contributed by atoms with Gasteiger partial charge in [0.15, 0.2) is 0 Å². The van der Waals surface area contributed by atoms with Crippen molar-refractivity contribution >= 4 is 16.0 Å². The minimum Gasteiger partial charge on any atom is -0.480 e. The highest BCUT2D eigenvalue weighted by molar-refractivity contribution is 7.89. The molecular formula is C22H31NO4S. The van der Waals surface area contributed by atoms with Crippen molar-refractivity contribution in [3.8, 4) is 0 Å². The molecule has 5 nitrogen and oxygen atoms in total. The molecule has 5 rings (SSSR count). The Morgan fingerprint density at radius 3 is 2.11 bits per heavy atom. The molecule has 0 amide bonds. The van der Waals surface area contributed by atoms with E-state index in [1.807, 2.05) is 12.1 Å². The van der Waals surface area contributed by atoms with Gasteiger partial charge in [-0.25, -0.2) is 8.42 Å². The Morgan fingerprint density at radius 2 is 1.64 bits per heavy atom. The van der Waals surface area contributed by atoms with Crippen LogP contribution in [0.25, 0.3) is 0 Å². The Balaban J connectivity index is 1.55. The van der Waals surface area contributed by atoms with Crippen LogP contribution in [0.5, 0.6) is 0 Å². The first-order valence-corrected chi connectivity index (χ1v) is 12.1. The fourth-order valence-corrected chi connectivity index (χ4v) is 7.70. The standard InChI is InChI=1S/C22H31NO4S/c1-2-3-4-15-5-7-19(8-6-15)28(26,27)23-20(21(24)25)22-12-16-9-17(13-22)11-18(10-16)14-22/h5-8,16-18,20,23H,2-4,9-14H2,1H3,(H,24,25)/t16?,17?,18?,20-,22?/m1/s1. The van der Waals surface area contributed by atoms with Gasteiger partial charge >= 0.3 is 5.97 Å². The number of carboxylic acid groups (broad SMARTS) is 1. The number of benzene rings is 1. The molecule has 28 heavy (non-hydrogen) atoms. The normalized spacial score (nSPS) is 32.4. The maximum atomic E-state index is 13.0. The van der Waals surface area contributed by atoms with Crippen molar-refractivity contribution in [3.05, 3.63) is 29.8 Å². The van der Waals surface area contributed by atoms with Gasteiger partial charge in [0.05, 0.1) is 4.90 Å². The van der Waals surface area contributed by atoms with Gasteiger partial charge in [-0.1, -0.05) is 25.5 Å². The zero-order valence-electron chi connectivity index (χ0n) is 16.6. The van der Waals surface area contributed by atoms with Gasteiger partial charge in [0.25, 0.3) is 0 Å². The molecule has 0 radical (unpaired) electrons. The van der Waals surface area contributed by atoms with E-state index >= 15 is 0 Å². The van der Waals surface area contributed by atoms with Gasteiger partial charge in [-0.2, -0.15) is 4.72 Å². The van der Waals surface area contributed by atoms with Crippen molar-refractivity contribution < 1.29 is 18.3 Å². The molecule has 4 fully saturated rings. The van der Waals surface area contributed by atoms with Gasteiger partial charge in [-0.05, 0) is 92.2 Å². The van der Waals surface area contributed by atoms with E-state index in [4.69, 9.17) is 0 Å². The summed E-state index contributed by atoms with van der Waals surface area (Å²) >= 11 is 0. The maximum absolute atomic E-state index is 13.0. The Bertz CT molecular complexity index is 795. The third-order valence-electron chi connectivity index (χ3n) is 7.27. The summed E-state index contributed by atoms with van der Waals surface area (Å²) in [5, 5.41) is 9.96. The highest BCUT2D eigenvalue weighted by atomic mass is 32.2. The molecule has 0 aromatic heterocycles. The van der Waals surface area contributed by atoms with E-state index in [1.165, 1.54) is 19.3 Å². The molecule has 1 aromatic rings. The van der Waals surface area contributed by atoms with Crippen LogP contribution in [-0.4, -0.2) is 25.5 Å². The Hall–Kier alpha value is -1.40. The topological polar surface area (TPSA) is 83.5 Å². The largest absolute Gasteiger partial charge is 0.480 e. The third kappa shape index (κ3) is 3.73. The highest BCUT2D eigenvalue weighted by Crippen LogP contribution is 2.61. The van der Waals surface area contributed by atoms with E-state index in [0.717, 1.165) is 44.1 Å². The molecule has 1 atom stereocenters.